The lowest BCUT2D eigenvalue weighted by Crippen LogP contribution is -2.35. The van der Waals surface area contributed by atoms with E-state index in [9.17, 15) is 4.79 Å². The Morgan fingerprint density at radius 2 is 1.90 bits per heavy atom. The SMILES string of the molecule is CCn1c(-c2cnc(C)nc2)nc2c(NC3CCN(C(=O)C4CCCC4)C3)ncnc21. The second kappa shape index (κ2) is 8.20. The second-order valence-corrected chi connectivity index (χ2v) is 8.49. The molecule has 0 spiro atoms. The average Bonchev–Trinajstić information content (AvgIpc) is 3.54. The highest BCUT2D eigenvalue weighted by molar-refractivity contribution is 5.86. The maximum Gasteiger partial charge on any atom is 0.225 e. The fraction of sp³-hybridized carbons (Fsp3) is 0.545. The molecule has 5 rings (SSSR count). The molecular weight excluding hydrogens is 392 g/mol. The van der Waals surface area contributed by atoms with Crippen LogP contribution in [-0.4, -0.2) is 59.4 Å². The fourth-order valence-corrected chi connectivity index (χ4v) is 4.77. The molecule has 31 heavy (non-hydrogen) atoms. The third-order valence-electron chi connectivity index (χ3n) is 6.43. The van der Waals surface area contributed by atoms with E-state index in [4.69, 9.17) is 4.98 Å². The summed E-state index contributed by atoms with van der Waals surface area (Å²) >= 11 is 0. The lowest BCUT2D eigenvalue weighted by atomic mass is 10.1. The van der Waals surface area contributed by atoms with E-state index in [1.165, 1.54) is 12.8 Å². The van der Waals surface area contributed by atoms with Crippen molar-refractivity contribution >= 4 is 22.9 Å². The number of nitrogens with zero attached hydrogens (tertiary/aromatic N) is 7. The summed E-state index contributed by atoms with van der Waals surface area (Å²) in [7, 11) is 0. The molecule has 1 saturated carbocycles. The molecule has 2 aliphatic rings. The van der Waals surface area contributed by atoms with Crippen molar-refractivity contribution in [1.29, 1.82) is 0 Å². The molecule has 1 atom stereocenters. The molecular formula is C22H28N8O. The summed E-state index contributed by atoms with van der Waals surface area (Å²) in [6.07, 6.45) is 10.5. The van der Waals surface area contributed by atoms with Gasteiger partial charge in [-0.15, -0.1) is 0 Å². The molecule has 9 heteroatoms. The number of rotatable bonds is 5. The van der Waals surface area contributed by atoms with Crippen LogP contribution in [0.25, 0.3) is 22.6 Å². The average molecular weight is 421 g/mol. The predicted octanol–water partition coefficient (Wildman–Crippen LogP) is 2.81. The number of carbonyl (C=O) groups excluding carboxylic acids is 1. The van der Waals surface area contributed by atoms with Crippen LogP contribution in [0.1, 0.15) is 44.9 Å². The van der Waals surface area contributed by atoms with Gasteiger partial charge in [-0.25, -0.2) is 24.9 Å². The van der Waals surface area contributed by atoms with E-state index >= 15 is 0 Å². The van der Waals surface area contributed by atoms with Crippen molar-refractivity contribution in [2.24, 2.45) is 5.92 Å². The van der Waals surface area contributed by atoms with E-state index in [1.807, 2.05) is 11.8 Å². The van der Waals surface area contributed by atoms with Gasteiger partial charge in [0.25, 0.3) is 0 Å². The number of carbonyl (C=O) groups is 1. The molecule has 3 aromatic heterocycles. The van der Waals surface area contributed by atoms with Crippen LogP contribution in [-0.2, 0) is 11.3 Å². The van der Waals surface area contributed by atoms with E-state index in [2.05, 4.69) is 36.7 Å². The van der Waals surface area contributed by atoms with Crippen molar-refractivity contribution in [3.63, 3.8) is 0 Å². The van der Waals surface area contributed by atoms with Crippen molar-refractivity contribution in [2.75, 3.05) is 18.4 Å². The minimum Gasteiger partial charge on any atom is -0.364 e. The Hall–Kier alpha value is -3.10. The van der Waals surface area contributed by atoms with Gasteiger partial charge in [0, 0.05) is 44.0 Å². The van der Waals surface area contributed by atoms with Gasteiger partial charge < -0.3 is 14.8 Å². The molecule has 9 nitrogen and oxygen atoms in total. The highest BCUT2D eigenvalue weighted by atomic mass is 16.2. The maximum atomic E-state index is 12.8. The molecule has 4 heterocycles. The van der Waals surface area contributed by atoms with Gasteiger partial charge in [-0.05, 0) is 33.1 Å². The normalized spacial score (nSPS) is 19.4. The van der Waals surface area contributed by atoms with E-state index in [1.54, 1.807) is 18.7 Å². The third kappa shape index (κ3) is 3.73. The number of nitrogens with one attached hydrogen (secondary N) is 1. The summed E-state index contributed by atoms with van der Waals surface area (Å²) in [6.45, 7) is 6.18. The molecule has 1 aliphatic heterocycles. The third-order valence-corrected chi connectivity index (χ3v) is 6.43. The summed E-state index contributed by atoms with van der Waals surface area (Å²) in [5.74, 6) is 2.77. The van der Waals surface area contributed by atoms with Gasteiger partial charge in [0.1, 0.15) is 18.0 Å². The Morgan fingerprint density at radius 3 is 2.65 bits per heavy atom. The molecule has 1 amide bonds. The largest absolute Gasteiger partial charge is 0.364 e. The van der Waals surface area contributed by atoms with Crippen LogP contribution in [0.2, 0.25) is 0 Å². The first-order valence-electron chi connectivity index (χ1n) is 11.2. The molecule has 1 unspecified atom stereocenters. The zero-order valence-corrected chi connectivity index (χ0v) is 18.1. The zero-order chi connectivity index (χ0) is 21.4. The van der Waals surface area contributed by atoms with Crippen LogP contribution in [0, 0.1) is 12.8 Å². The molecule has 1 saturated heterocycles. The lowest BCUT2D eigenvalue weighted by Gasteiger charge is -2.20. The van der Waals surface area contributed by atoms with Gasteiger partial charge in [0.05, 0.1) is 5.56 Å². The number of hydrogen-bond acceptors (Lipinski definition) is 7. The van der Waals surface area contributed by atoms with Gasteiger partial charge in [0.15, 0.2) is 17.0 Å². The summed E-state index contributed by atoms with van der Waals surface area (Å²) in [5.41, 5.74) is 2.37. The molecule has 0 radical (unpaired) electrons. The van der Waals surface area contributed by atoms with E-state index in [0.717, 1.165) is 60.7 Å². The molecule has 1 aliphatic carbocycles. The van der Waals surface area contributed by atoms with Gasteiger partial charge in [0.2, 0.25) is 5.91 Å². The minimum atomic E-state index is 0.168. The molecule has 1 N–H and O–H groups in total. The van der Waals surface area contributed by atoms with Crippen molar-refractivity contribution in [3.05, 3.63) is 24.5 Å². The Balaban J connectivity index is 1.39. The number of aryl methyl sites for hydroxylation is 2. The highest BCUT2D eigenvalue weighted by Crippen LogP contribution is 2.30. The molecule has 0 bridgehead atoms. The van der Waals surface area contributed by atoms with Crippen molar-refractivity contribution < 1.29 is 4.79 Å². The Kier molecular flexibility index (Phi) is 5.25. The molecule has 2 fully saturated rings. The van der Waals surface area contributed by atoms with Crippen molar-refractivity contribution in [3.8, 4) is 11.4 Å². The first kappa shape index (κ1) is 19.8. The Morgan fingerprint density at radius 1 is 1.13 bits per heavy atom. The summed E-state index contributed by atoms with van der Waals surface area (Å²) in [4.78, 5) is 37.2. The van der Waals surface area contributed by atoms with E-state index in [0.29, 0.717) is 18.3 Å². The number of fused-ring (bicyclic) bond motifs is 1. The maximum absolute atomic E-state index is 12.8. The molecule has 162 valence electrons. The second-order valence-electron chi connectivity index (χ2n) is 8.49. The van der Waals surface area contributed by atoms with E-state index in [-0.39, 0.29) is 12.0 Å². The van der Waals surface area contributed by atoms with Gasteiger partial charge in [-0.2, -0.15) is 0 Å². The fourth-order valence-electron chi connectivity index (χ4n) is 4.77. The number of anilines is 1. The van der Waals surface area contributed by atoms with Gasteiger partial charge in [-0.3, -0.25) is 4.79 Å². The first-order chi connectivity index (χ1) is 15.1. The highest BCUT2D eigenvalue weighted by Gasteiger charge is 2.32. The molecule has 0 aromatic carbocycles. The summed E-state index contributed by atoms with van der Waals surface area (Å²) in [5, 5.41) is 3.53. The van der Waals surface area contributed by atoms with Crippen LogP contribution in [0.3, 0.4) is 0 Å². The zero-order valence-electron chi connectivity index (χ0n) is 18.1. The monoisotopic (exact) mass is 420 g/mol. The lowest BCUT2D eigenvalue weighted by molar-refractivity contribution is -0.134. The number of aromatic nitrogens is 6. The first-order valence-corrected chi connectivity index (χ1v) is 11.2. The van der Waals surface area contributed by atoms with Crippen LogP contribution >= 0.6 is 0 Å². The van der Waals surface area contributed by atoms with Crippen molar-refractivity contribution in [1.82, 2.24) is 34.4 Å². The number of imidazole rings is 1. The topological polar surface area (TPSA) is 102 Å². The predicted molar refractivity (Wildman–Crippen MR) is 117 cm³/mol. The molecule has 3 aromatic rings. The minimum absolute atomic E-state index is 0.168. The van der Waals surface area contributed by atoms with Crippen LogP contribution in [0.5, 0.6) is 0 Å². The van der Waals surface area contributed by atoms with Crippen LogP contribution in [0.4, 0.5) is 5.82 Å². The van der Waals surface area contributed by atoms with E-state index < -0.39 is 0 Å². The number of amides is 1. The standard InChI is InChI=1S/C22H28N8O/c1-3-30-20(16-10-23-14(2)24-11-16)28-18-19(25-13-26-21(18)30)27-17-8-9-29(12-17)22(31)15-6-4-5-7-15/h10-11,13,15,17H,3-9,12H2,1-2H3,(H,25,26,27). The van der Waals surface area contributed by atoms with Crippen LogP contribution in [0.15, 0.2) is 18.7 Å². The van der Waals surface area contributed by atoms with Crippen molar-refractivity contribution in [2.45, 2.75) is 58.5 Å². The summed E-state index contributed by atoms with van der Waals surface area (Å²) in [6, 6.07) is 0.168. The van der Waals surface area contributed by atoms with Gasteiger partial charge >= 0.3 is 0 Å². The Labute approximate surface area is 181 Å². The quantitative estimate of drug-likeness (QED) is 0.677. The van der Waals surface area contributed by atoms with Crippen LogP contribution < -0.4 is 5.32 Å². The number of likely N-dealkylation sites (tertiary alicyclic amines) is 1. The Bertz CT molecular complexity index is 1090. The number of hydrogen-bond donors (Lipinski definition) is 1. The summed E-state index contributed by atoms with van der Waals surface area (Å²) < 4.78 is 2.06. The van der Waals surface area contributed by atoms with Gasteiger partial charge in [-0.1, -0.05) is 12.8 Å². The smallest absolute Gasteiger partial charge is 0.225 e.